The van der Waals surface area contributed by atoms with Gasteiger partial charge in [-0.2, -0.15) is 0 Å². The van der Waals surface area contributed by atoms with Crippen LogP contribution in [0.2, 0.25) is 0 Å². The highest BCUT2D eigenvalue weighted by molar-refractivity contribution is 4.78. The summed E-state index contributed by atoms with van der Waals surface area (Å²) in [6.45, 7) is 1.82. The Morgan fingerprint density at radius 3 is 2.08 bits per heavy atom. The molecule has 0 aliphatic carbocycles. The summed E-state index contributed by atoms with van der Waals surface area (Å²) in [7, 11) is 0. The lowest BCUT2D eigenvalue weighted by Gasteiger charge is -2.29. The first-order chi connectivity index (χ1) is 5.74. The van der Waals surface area contributed by atoms with Crippen molar-refractivity contribution in [2.75, 3.05) is 26.4 Å². The van der Waals surface area contributed by atoms with Crippen LogP contribution in [-0.2, 0) is 4.74 Å². The molecule has 0 bridgehead atoms. The summed E-state index contributed by atoms with van der Waals surface area (Å²) >= 11 is 0. The van der Waals surface area contributed by atoms with Crippen molar-refractivity contribution in [3.63, 3.8) is 0 Å². The largest absolute Gasteiger partial charge is 0.396 e. The standard InChI is InChI=1S/C8H18O4/c1-2-5-12-8(6-10,7-11)3-4-9/h9-11H,2-7H2,1H3. The van der Waals surface area contributed by atoms with E-state index in [0.717, 1.165) is 6.42 Å². The van der Waals surface area contributed by atoms with E-state index < -0.39 is 5.60 Å². The van der Waals surface area contributed by atoms with Crippen LogP contribution < -0.4 is 0 Å². The third-order valence-corrected chi connectivity index (χ3v) is 1.76. The fourth-order valence-electron chi connectivity index (χ4n) is 0.894. The van der Waals surface area contributed by atoms with E-state index in [1.165, 1.54) is 0 Å². The molecule has 74 valence electrons. The van der Waals surface area contributed by atoms with Crippen molar-refractivity contribution in [1.82, 2.24) is 0 Å². The average molecular weight is 178 g/mol. The maximum Gasteiger partial charge on any atom is 0.116 e. The molecule has 0 rings (SSSR count). The minimum absolute atomic E-state index is 0.0924. The maximum absolute atomic E-state index is 8.94. The van der Waals surface area contributed by atoms with Gasteiger partial charge in [-0.05, 0) is 6.42 Å². The van der Waals surface area contributed by atoms with Crippen LogP contribution >= 0.6 is 0 Å². The summed E-state index contributed by atoms with van der Waals surface area (Å²) in [5.74, 6) is 0. The second-order valence-electron chi connectivity index (χ2n) is 2.82. The molecule has 0 saturated heterocycles. The lowest BCUT2D eigenvalue weighted by molar-refractivity contribution is -0.118. The predicted molar refractivity (Wildman–Crippen MR) is 44.8 cm³/mol. The van der Waals surface area contributed by atoms with Gasteiger partial charge < -0.3 is 20.1 Å². The van der Waals surface area contributed by atoms with E-state index in [1.54, 1.807) is 0 Å². The first-order valence-electron chi connectivity index (χ1n) is 4.21. The number of hydrogen-bond acceptors (Lipinski definition) is 4. The van der Waals surface area contributed by atoms with Crippen molar-refractivity contribution in [1.29, 1.82) is 0 Å². The van der Waals surface area contributed by atoms with Gasteiger partial charge >= 0.3 is 0 Å². The van der Waals surface area contributed by atoms with Crippen LogP contribution in [0.3, 0.4) is 0 Å². The van der Waals surface area contributed by atoms with Gasteiger partial charge in [0.15, 0.2) is 0 Å². The van der Waals surface area contributed by atoms with Crippen LogP contribution in [0.4, 0.5) is 0 Å². The van der Waals surface area contributed by atoms with Crippen molar-refractivity contribution >= 4 is 0 Å². The molecule has 0 aromatic heterocycles. The van der Waals surface area contributed by atoms with Crippen molar-refractivity contribution in [3.05, 3.63) is 0 Å². The molecule has 0 aliphatic heterocycles. The molecule has 12 heavy (non-hydrogen) atoms. The van der Waals surface area contributed by atoms with E-state index in [0.29, 0.717) is 6.61 Å². The van der Waals surface area contributed by atoms with E-state index in [-0.39, 0.29) is 26.2 Å². The molecule has 0 unspecified atom stereocenters. The maximum atomic E-state index is 8.94. The Kier molecular flexibility index (Phi) is 6.28. The molecule has 0 fully saturated rings. The van der Waals surface area contributed by atoms with Gasteiger partial charge in [0, 0.05) is 19.6 Å². The van der Waals surface area contributed by atoms with Gasteiger partial charge in [0.2, 0.25) is 0 Å². The molecule has 0 aromatic carbocycles. The van der Waals surface area contributed by atoms with E-state index >= 15 is 0 Å². The normalized spacial score (nSPS) is 12.0. The minimum Gasteiger partial charge on any atom is -0.396 e. The molecular formula is C8H18O4. The van der Waals surface area contributed by atoms with E-state index in [1.807, 2.05) is 6.92 Å². The molecule has 0 atom stereocenters. The van der Waals surface area contributed by atoms with E-state index in [9.17, 15) is 0 Å². The Balaban J connectivity index is 3.95. The fourth-order valence-corrected chi connectivity index (χ4v) is 0.894. The SMILES string of the molecule is CCCOC(CO)(CO)CCO. The first-order valence-corrected chi connectivity index (χ1v) is 4.21. The van der Waals surface area contributed by atoms with Crippen LogP contribution in [0.25, 0.3) is 0 Å². The molecule has 4 heteroatoms. The summed E-state index contributed by atoms with van der Waals surface area (Å²) in [5.41, 5.74) is -0.954. The molecule has 3 N–H and O–H groups in total. The summed E-state index contributed by atoms with van der Waals surface area (Å²) in [6, 6.07) is 0. The van der Waals surface area contributed by atoms with Crippen molar-refractivity contribution in [2.45, 2.75) is 25.4 Å². The average Bonchev–Trinajstić information content (AvgIpc) is 2.13. The van der Waals surface area contributed by atoms with Crippen LogP contribution in [0.5, 0.6) is 0 Å². The number of hydrogen-bond donors (Lipinski definition) is 3. The molecule has 0 saturated carbocycles. The lowest BCUT2D eigenvalue weighted by Crippen LogP contribution is -2.42. The topological polar surface area (TPSA) is 69.9 Å². The quantitative estimate of drug-likeness (QED) is 0.492. The van der Waals surface area contributed by atoms with Crippen LogP contribution in [0.15, 0.2) is 0 Å². The van der Waals surface area contributed by atoms with Gasteiger partial charge in [-0.1, -0.05) is 6.92 Å². The summed E-state index contributed by atoms with van der Waals surface area (Å²) in [4.78, 5) is 0. The first kappa shape index (κ1) is 11.8. The zero-order valence-electron chi connectivity index (χ0n) is 7.49. The molecule has 0 amide bonds. The molecule has 0 spiro atoms. The zero-order valence-corrected chi connectivity index (χ0v) is 7.49. The Morgan fingerprint density at radius 1 is 1.17 bits per heavy atom. The Bertz CT molecular complexity index is 101. The van der Waals surface area contributed by atoms with Gasteiger partial charge in [-0.3, -0.25) is 0 Å². The van der Waals surface area contributed by atoms with Gasteiger partial charge in [-0.25, -0.2) is 0 Å². The number of aliphatic hydroxyl groups is 3. The van der Waals surface area contributed by atoms with Crippen LogP contribution in [-0.4, -0.2) is 47.3 Å². The zero-order chi connectivity index (χ0) is 9.45. The molecule has 4 nitrogen and oxygen atoms in total. The van der Waals surface area contributed by atoms with Crippen molar-refractivity contribution in [2.24, 2.45) is 0 Å². The third kappa shape index (κ3) is 3.49. The lowest BCUT2D eigenvalue weighted by atomic mass is 10.0. The predicted octanol–water partition coefficient (Wildman–Crippen LogP) is -0.481. The smallest absolute Gasteiger partial charge is 0.116 e. The fraction of sp³-hybridized carbons (Fsp3) is 1.00. The van der Waals surface area contributed by atoms with Crippen molar-refractivity contribution in [3.8, 4) is 0 Å². The highest BCUT2D eigenvalue weighted by Gasteiger charge is 2.28. The highest BCUT2D eigenvalue weighted by atomic mass is 16.5. The number of rotatable bonds is 7. The third-order valence-electron chi connectivity index (χ3n) is 1.76. The van der Waals surface area contributed by atoms with E-state index in [4.69, 9.17) is 20.1 Å². The van der Waals surface area contributed by atoms with Gasteiger partial charge in [0.25, 0.3) is 0 Å². The number of ether oxygens (including phenoxy) is 1. The Hall–Kier alpha value is -0.160. The molecular weight excluding hydrogens is 160 g/mol. The molecule has 0 heterocycles. The summed E-state index contributed by atoms with van der Waals surface area (Å²) < 4.78 is 5.26. The molecule has 0 aromatic rings. The summed E-state index contributed by atoms with van der Waals surface area (Å²) in [6.07, 6.45) is 1.09. The van der Waals surface area contributed by atoms with Gasteiger partial charge in [0.1, 0.15) is 5.60 Å². The Labute approximate surface area is 72.8 Å². The monoisotopic (exact) mass is 178 g/mol. The summed E-state index contributed by atoms with van der Waals surface area (Å²) in [5, 5.41) is 26.5. The molecule has 0 radical (unpaired) electrons. The second-order valence-corrected chi connectivity index (χ2v) is 2.82. The minimum atomic E-state index is -0.954. The second kappa shape index (κ2) is 6.37. The van der Waals surface area contributed by atoms with Crippen LogP contribution in [0, 0.1) is 0 Å². The van der Waals surface area contributed by atoms with E-state index in [2.05, 4.69) is 0 Å². The van der Waals surface area contributed by atoms with Crippen LogP contribution in [0.1, 0.15) is 19.8 Å². The van der Waals surface area contributed by atoms with Crippen molar-refractivity contribution < 1.29 is 20.1 Å². The molecule has 0 aliphatic rings. The number of aliphatic hydroxyl groups excluding tert-OH is 3. The van der Waals surface area contributed by atoms with Gasteiger partial charge in [0.05, 0.1) is 13.2 Å². The highest BCUT2D eigenvalue weighted by Crippen LogP contribution is 2.14. The Morgan fingerprint density at radius 2 is 1.75 bits per heavy atom. The van der Waals surface area contributed by atoms with Gasteiger partial charge in [-0.15, -0.1) is 0 Å².